The Bertz CT molecular complexity index is 212. The molecule has 0 saturated heterocycles. The maximum absolute atomic E-state index is 11.3. The highest BCUT2D eigenvalue weighted by Gasteiger charge is 2.15. The quantitative estimate of drug-likeness (QED) is 0.458. The predicted molar refractivity (Wildman–Crippen MR) is 60.4 cm³/mol. The highest BCUT2D eigenvalue weighted by atomic mass is 32.2. The average molecular weight is 234 g/mol. The standard InChI is InChI=1S/C9H18N2O3S/c1-7(12)3-4-8(10)9(13)15-14-6-5-11-2/h8,11H,3-6,10H2,1-2H3. The Kier molecular flexibility index (Phi) is 8.59. The van der Waals surface area contributed by atoms with E-state index in [2.05, 4.69) is 5.32 Å². The Hall–Kier alpha value is -0.430. The van der Waals surface area contributed by atoms with Crippen LogP contribution in [0.25, 0.3) is 0 Å². The number of rotatable bonds is 8. The van der Waals surface area contributed by atoms with E-state index >= 15 is 0 Å². The number of carbonyl (C=O) groups excluding carboxylic acids is 2. The minimum absolute atomic E-state index is 0.0411. The van der Waals surface area contributed by atoms with E-state index in [-0.39, 0.29) is 10.9 Å². The number of nitrogens with two attached hydrogens (primary N) is 1. The maximum Gasteiger partial charge on any atom is 0.232 e. The molecule has 6 heteroatoms. The fourth-order valence-corrected chi connectivity index (χ4v) is 1.31. The van der Waals surface area contributed by atoms with Crippen LogP contribution in [0, 0.1) is 0 Å². The second-order valence-corrected chi connectivity index (χ2v) is 3.98. The number of hydrogen-bond donors (Lipinski definition) is 2. The molecule has 0 amide bonds. The van der Waals surface area contributed by atoms with Crippen molar-refractivity contribution in [2.24, 2.45) is 5.73 Å². The fraction of sp³-hybridized carbons (Fsp3) is 0.778. The minimum atomic E-state index is -0.617. The zero-order valence-electron chi connectivity index (χ0n) is 9.12. The van der Waals surface area contributed by atoms with Gasteiger partial charge in [-0.05, 0) is 20.4 Å². The van der Waals surface area contributed by atoms with Crippen LogP contribution in [0.4, 0.5) is 0 Å². The van der Waals surface area contributed by atoms with Crippen molar-refractivity contribution in [3.05, 3.63) is 0 Å². The van der Waals surface area contributed by atoms with E-state index in [0.29, 0.717) is 26.0 Å². The highest BCUT2D eigenvalue weighted by molar-refractivity contribution is 8.09. The monoisotopic (exact) mass is 234 g/mol. The van der Waals surface area contributed by atoms with Crippen LogP contribution in [0.2, 0.25) is 0 Å². The Labute approximate surface area is 94.3 Å². The van der Waals surface area contributed by atoms with Gasteiger partial charge in [-0.2, -0.15) is 0 Å². The van der Waals surface area contributed by atoms with E-state index in [1.54, 1.807) is 7.05 Å². The second kappa shape index (κ2) is 8.84. The molecular weight excluding hydrogens is 216 g/mol. The van der Waals surface area contributed by atoms with Gasteiger partial charge in [0, 0.05) is 13.0 Å². The molecule has 0 aliphatic heterocycles. The van der Waals surface area contributed by atoms with Crippen molar-refractivity contribution in [3.63, 3.8) is 0 Å². The van der Waals surface area contributed by atoms with Crippen molar-refractivity contribution < 1.29 is 13.8 Å². The van der Waals surface area contributed by atoms with E-state index in [0.717, 1.165) is 12.0 Å². The third-order valence-corrected chi connectivity index (χ3v) is 2.44. The van der Waals surface area contributed by atoms with E-state index < -0.39 is 6.04 Å². The molecule has 15 heavy (non-hydrogen) atoms. The zero-order chi connectivity index (χ0) is 11.7. The van der Waals surface area contributed by atoms with Gasteiger partial charge in [-0.3, -0.25) is 4.79 Å². The lowest BCUT2D eigenvalue weighted by molar-refractivity contribution is -0.117. The summed E-state index contributed by atoms with van der Waals surface area (Å²) in [4.78, 5) is 22.0. The van der Waals surface area contributed by atoms with Crippen LogP contribution < -0.4 is 11.1 Å². The summed E-state index contributed by atoms with van der Waals surface area (Å²) in [7, 11) is 1.80. The van der Waals surface area contributed by atoms with Crippen LogP contribution in [0.3, 0.4) is 0 Å². The first-order valence-electron chi connectivity index (χ1n) is 4.81. The average Bonchev–Trinajstić information content (AvgIpc) is 2.20. The molecule has 0 aliphatic carbocycles. The van der Waals surface area contributed by atoms with Crippen LogP contribution >= 0.6 is 12.0 Å². The summed E-state index contributed by atoms with van der Waals surface area (Å²) in [6, 6.07) is -0.617. The first kappa shape index (κ1) is 14.6. The summed E-state index contributed by atoms with van der Waals surface area (Å²) >= 11 is 0.761. The number of hydrogen-bond acceptors (Lipinski definition) is 6. The van der Waals surface area contributed by atoms with Gasteiger partial charge < -0.3 is 20.0 Å². The lowest BCUT2D eigenvalue weighted by Crippen LogP contribution is -2.29. The van der Waals surface area contributed by atoms with Crippen LogP contribution in [-0.2, 0) is 13.8 Å². The molecule has 0 aliphatic rings. The van der Waals surface area contributed by atoms with E-state index in [1.807, 2.05) is 0 Å². The summed E-state index contributed by atoms with van der Waals surface area (Å²) in [5.41, 5.74) is 5.56. The third-order valence-electron chi connectivity index (χ3n) is 1.69. The molecule has 1 atom stereocenters. The van der Waals surface area contributed by atoms with Crippen molar-refractivity contribution in [2.75, 3.05) is 20.2 Å². The van der Waals surface area contributed by atoms with Crippen LogP contribution in [-0.4, -0.2) is 37.1 Å². The molecule has 0 aromatic rings. The summed E-state index contributed by atoms with van der Waals surface area (Å²) < 4.78 is 5.00. The van der Waals surface area contributed by atoms with Gasteiger partial charge in [0.25, 0.3) is 0 Å². The summed E-state index contributed by atoms with van der Waals surface area (Å²) in [5, 5.41) is 2.66. The number of carbonyl (C=O) groups is 2. The molecule has 0 aromatic carbocycles. The Balaban J connectivity index is 3.55. The summed E-state index contributed by atoms with van der Waals surface area (Å²) in [6.45, 7) is 2.61. The number of nitrogens with one attached hydrogen (secondary N) is 1. The Morgan fingerprint density at radius 2 is 2.20 bits per heavy atom. The van der Waals surface area contributed by atoms with Gasteiger partial charge in [0.05, 0.1) is 24.7 Å². The summed E-state index contributed by atoms with van der Waals surface area (Å²) in [5.74, 6) is 0.0411. The lowest BCUT2D eigenvalue weighted by Gasteiger charge is -2.08. The van der Waals surface area contributed by atoms with Crippen molar-refractivity contribution in [1.82, 2.24) is 5.32 Å². The molecule has 88 valence electrons. The van der Waals surface area contributed by atoms with Crippen molar-refractivity contribution in [2.45, 2.75) is 25.8 Å². The van der Waals surface area contributed by atoms with Gasteiger partial charge in [0.15, 0.2) is 0 Å². The molecule has 1 unspecified atom stereocenters. The third kappa shape index (κ3) is 8.56. The maximum atomic E-state index is 11.3. The van der Waals surface area contributed by atoms with Crippen molar-refractivity contribution in [3.8, 4) is 0 Å². The van der Waals surface area contributed by atoms with Gasteiger partial charge in [0.2, 0.25) is 5.12 Å². The van der Waals surface area contributed by atoms with Gasteiger partial charge in [-0.25, -0.2) is 0 Å². The fourth-order valence-electron chi connectivity index (χ4n) is 0.782. The molecule has 0 spiro atoms. The van der Waals surface area contributed by atoms with Crippen molar-refractivity contribution >= 4 is 22.9 Å². The number of ketones is 1. The minimum Gasteiger partial charge on any atom is -0.321 e. The van der Waals surface area contributed by atoms with Gasteiger partial charge in [-0.15, -0.1) is 0 Å². The van der Waals surface area contributed by atoms with Gasteiger partial charge in [-0.1, -0.05) is 0 Å². The highest BCUT2D eigenvalue weighted by Crippen LogP contribution is 2.09. The first-order valence-corrected chi connectivity index (χ1v) is 5.55. The predicted octanol–water partition coefficient (Wildman–Crippen LogP) is 0.0937. The lowest BCUT2D eigenvalue weighted by atomic mass is 10.1. The molecule has 3 N–H and O–H groups in total. The molecule has 0 bridgehead atoms. The normalized spacial score (nSPS) is 12.5. The molecule has 0 saturated carbocycles. The van der Waals surface area contributed by atoms with Crippen LogP contribution in [0.15, 0.2) is 0 Å². The number of Topliss-reactive ketones (excluding diaryl/α,β-unsaturated/α-hetero) is 1. The van der Waals surface area contributed by atoms with E-state index in [4.69, 9.17) is 9.92 Å². The topological polar surface area (TPSA) is 81.4 Å². The largest absolute Gasteiger partial charge is 0.321 e. The van der Waals surface area contributed by atoms with Gasteiger partial charge in [0.1, 0.15) is 5.78 Å². The van der Waals surface area contributed by atoms with E-state index in [1.165, 1.54) is 6.92 Å². The first-order chi connectivity index (χ1) is 7.07. The van der Waals surface area contributed by atoms with Crippen LogP contribution in [0.1, 0.15) is 19.8 Å². The molecule has 0 heterocycles. The Morgan fingerprint density at radius 3 is 2.73 bits per heavy atom. The molecule has 0 rings (SSSR count). The molecule has 0 radical (unpaired) electrons. The second-order valence-electron chi connectivity index (χ2n) is 3.18. The molecular formula is C9H18N2O3S. The zero-order valence-corrected chi connectivity index (χ0v) is 9.93. The SMILES string of the molecule is CNCCOSC(=O)C(N)CCC(C)=O. The number of likely N-dealkylation sites (N-methyl/N-ethyl adjacent to an activating group) is 1. The molecule has 5 nitrogen and oxygen atoms in total. The smallest absolute Gasteiger partial charge is 0.232 e. The van der Waals surface area contributed by atoms with Gasteiger partial charge >= 0.3 is 0 Å². The molecule has 0 aromatic heterocycles. The Morgan fingerprint density at radius 1 is 1.53 bits per heavy atom. The summed E-state index contributed by atoms with van der Waals surface area (Å²) in [6.07, 6.45) is 0.723. The van der Waals surface area contributed by atoms with Crippen molar-refractivity contribution in [1.29, 1.82) is 0 Å². The van der Waals surface area contributed by atoms with Crippen LogP contribution in [0.5, 0.6) is 0 Å². The molecule has 0 fully saturated rings. The van der Waals surface area contributed by atoms with E-state index in [9.17, 15) is 9.59 Å².